The van der Waals surface area contributed by atoms with Gasteiger partial charge in [0.25, 0.3) is 0 Å². The molecule has 3 atom stereocenters. The molecule has 330 valence electrons. The largest absolute Gasteiger partial charge is 0.455 e. The number of aliphatic imine (C=N–C) groups is 1. The molecule has 2 unspecified atom stereocenters. The number of amidine groups is 1. The maximum absolute atomic E-state index is 6.87. The van der Waals surface area contributed by atoms with Crippen molar-refractivity contribution in [3.8, 4) is 11.1 Å². The lowest BCUT2D eigenvalue weighted by Gasteiger charge is -2.43. The van der Waals surface area contributed by atoms with Gasteiger partial charge in [-0.2, -0.15) is 0 Å². The number of fused-ring (bicyclic) bond motifs is 12. The van der Waals surface area contributed by atoms with Gasteiger partial charge in [-0.3, -0.25) is 5.32 Å². The van der Waals surface area contributed by atoms with Crippen LogP contribution in [0.5, 0.6) is 0 Å². The highest BCUT2D eigenvalue weighted by Gasteiger charge is 2.54. The number of nitrogens with one attached hydrogen (secondary N) is 2. The second-order valence-electron chi connectivity index (χ2n) is 20.7. The van der Waals surface area contributed by atoms with Crippen molar-refractivity contribution in [2.24, 2.45) is 10.9 Å². The van der Waals surface area contributed by atoms with Crippen LogP contribution < -0.4 is 10.6 Å². The summed E-state index contributed by atoms with van der Waals surface area (Å²) in [5.41, 5.74) is 22.0. The van der Waals surface area contributed by atoms with Crippen LogP contribution in [0.3, 0.4) is 0 Å². The zero-order valence-corrected chi connectivity index (χ0v) is 38.3. The van der Waals surface area contributed by atoms with Crippen molar-refractivity contribution >= 4 is 44.5 Å². The SMILES string of the molecule is C1=CCCC(c2ccc([C@@H]3NC(c4cccc5c4oc4ccc(-c6ccc7c(c6)C6=CC8=C(CC6C76CCCCC6)c6ccccc6C86CCCCC6)cc45)=NC(c4ccccc4)N3)cc2)=C1. The van der Waals surface area contributed by atoms with E-state index in [4.69, 9.17) is 9.41 Å². The first-order valence-electron chi connectivity index (χ1n) is 25.4. The number of rotatable bonds is 5. The minimum atomic E-state index is -0.231. The number of hydrogen-bond donors (Lipinski definition) is 2. The van der Waals surface area contributed by atoms with Gasteiger partial charge >= 0.3 is 0 Å². The fourth-order valence-corrected chi connectivity index (χ4v) is 14.2. The molecule has 2 saturated carbocycles. The van der Waals surface area contributed by atoms with Crippen molar-refractivity contribution < 1.29 is 4.42 Å². The van der Waals surface area contributed by atoms with Gasteiger partial charge < -0.3 is 9.73 Å². The van der Waals surface area contributed by atoms with Gasteiger partial charge in [-0.05, 0) is 147 Å². The van der Waals surface area contributed by atoms with Gasteiger partial charge in [0.05, 0.1) is 5.56 Å². The molecule has 0 bridgehead atoms. The van der Waals surface area contributed by atoms with Crippen LogP contribution in [0.25, 0.3) is 49.8 Å². The van der Waals surface area contributed by atoms with Gasteiger partial charge in [0.1, 0.15) is 29.3 Å². The molecule has 2 heterocycles. The molecular weight excluding hydrogens is 815 g/mol. The maximum Gasteiger partial charge on any atom is 0.146 e. The first-order valence-corrected chi connectivity index (χ1v) is 25.4. The molecule has 0 amide bonds. The molecule has 0 saturated heterocycles. The molecule has 0 radical (unpaired) electrons. The fraction of sp³-hybridized carbons (Fsp3) is 0.286. The minimum Gasteiger partial charge on any atom is -0.455 e. The van der Waals surface area contributed by atoms with Gasteiger partial charge in [0.15, 0.2) is 0 Å². The van der Waals surface area contributed by atoms with Crippen LogP contribution in [0.2, 0.25) is 0 Å². The fourth-order valence-electron chi connectivity index (χ4n) is 14.2. The minimum absolute atomic E-state index is 0.148. The molecule has 14 rings (SSSR count). The van der Waals surface area contributed by atoms with E-state index in [1.807, 2.05) is 0 Å². The summed E-state index contributed by atoms with van der Waals surface area (Å²) in [5, 5.41) is 9.87. The van der Waals surface area contributed by atoms with Gasteiger partial charge in [0, 0.05) is 21.6 Å². The standard InChI is InChI=1S/C63H57N3O/c1-5-16-40(17-6-1)41-24-26-43(27-25-41)60-64-59(42-18-7-2-8-19-42)65-61(66-60)48-22-15-21-47-52-37-45(29-31-57(52)67-58(47)48)44-28-30-54-49(36-44)51-39-55-50(38-56(51)63(54)34-13-4-14-35-63)46-20-9-10-23-53(46)62(55)32-11-3-12-33-62/h1-2,5,7-10,15-16,18-31,36-37,39,56,59-60,64H,3-4,6,11-14,17,32-35,38H2,(H,65,66)/t56?,59?,60-/m0/s1. The molecule has 2 N–H and O–H groups in total. The van der Waals surface area contributed by atoms with Crippen molar-refractivity contribution in [1.29, 1.82) is 0 Å². The van der Waals surface area contributed by atoms with Crippen molar-refractivity contribution in [3.63, 3.8) is 0 Å². The zero-order chi connectivity index (χ0) is 44.1. The van der Waals surface area contributed by atoms with Crippen LogP contribution in [-0.2, 0) is 10.8 Å². The topological polar surface area (TPSA) is 49.6 Å². The molecule has 4 nitrogen and oxygen atoms in total. The average molecular weight is 872 g/mol. The summed E-state index contributed by atoms with van der Waals surface area (Å²) < 4.78 is 6.87. The summed E-state index contributed by atoms with van der Waals surface area (Å²) in [7, 11) is 0. The molecule has 67 heavy (non-hydrogen) atoms. The molecule has 6 aliphatic carbocycles. The van der Waals surface area contributed by atoms with Gasteiger partial charge in [-0.1, -0.05) is 172 Å². The molecular formula is C63H57N3O. The number of furan rings is 1. The Morgan fingerprint density at radius 3 is 2.21 bits per heavy atom. The average Bonchev–Trinajstić information content (AvgIpc) is 4.00. The lowest BCUT2D eigenvalue weighted by atomic mass is 9.61. The van der Waals surface area contributed by atoms with Crippen LogP contribution in [0.1, 0.15) is 140 Å². The van der Waals surface area contributed by atoms with Gasteiger partial charge in [0.2, 0.25) is 0 Å². The Bertz CT molecular complexity index is 3290. The normalized spacial score (nSPS) is 23.3. The van der Waals surface area contributed by atoms with E-state index in [0.29, 0.717) is 5.92 Å². The van der Waals surface area contributed by atoms with Gasteiger partial charge in [-0.25, -0.2) is 4.99 Å². The number of benzene rings is 6. The molecule has 4 heteroatoms. The monoisotopic (exact) mass is 871 g/mol. The Hall–Kier alpha value is -6.49. The van der Waals surface area contributed by atoms with E-state index in [2.05, 4.69) is 168 Å². The lowest BCUT2D eigenvalue weighted by Crippen LogP contribution is -2.45. The second-order valence-corrected chi connectivity index (χ2v) is 20.7. The van der Waals surface area contributed by atoms with E-state index < -0.39 is 0 Å². The summed E-state index contributed by atoms with van der Waals surface area (Å²) in [4.78, 5) is 5.35. The maximum atomic E-state index is 6.87. The number of allylic oxidation sites excluding steroid dienone is 8. The van der Waals surface area contributed by atoms with E-state index in [1.54, 1.807) is 33.4 Å². The first-order chi connectivity index (χ1) is 33.1. The Labute approximate surface area is 394 Å². The van der Waals surface area contributed by atoms with Crippen LogP contribution >= 0.6 is 0 Å². The molecule has 6 aromatic carbocycles. The van der Waals surface area contributed by atoms with E-state index >= 15 is 0 Å². The smallest absolute Gasteiger partial charge is 0.146 e. The Balaban J connectivity index is 0.844. The van der Waals surface area contributed by atoms with Gasteiger partial charge in [-0.15, -0.1) is 0 Å². The molecule has 7 aliphatic rings. The van der Waals surface area contributed by atoms with Crippen LogP contribution in [0.15, 0.2) is 173 Å². The third kappa shape index (κ3) is 6.18. The van der Waals surface area contributed by atoms with Crippen LogP contribution in [0.4, 0.5) is 0 Å². The molecule has 1 aliphatic heterocycles. The predicted octanol–water partition coefficient (Wildman–Crippen LogP) is 15.6. The highest BCUT2D eigenvalue weighted by Crippen LogP contribution is 2.66. The summed E-state index contributed by atoms with van der Waals surface area (Å²) in [6.07, 6.45) is 25.6. The van der Waals surface area contributed by atoms with E-state index in [1.165, 1.54) is 104 Å². The summed E-state index contributed by atoms with van der Waals surface area (Å²) >= 11 is 0. The van der Waals surface area contributed by atoms with Crippen LogP contribution in [-0.4, -0.2) is 5.84 Å². The lowest BCUT2D eigenvalue weighted by molar-refractivity contribution is 0.242. The number of hydrogen-bond acceptors (Lipinski definition) is 4. The summed E-state index contributed by atoms with van der Waals surface area (Å²) in [5.74, 6) is 1.38. The van der Waals surface area contributed by atoms with Crippen molar-refractivity contribution in [2.75, 3.05) is 0 Å². The number of nitrogens with zero attached hydrogens (tertiary/aromatic N) is 1. The van der Waals surface area contributed by atoms with E-state index in [-0.39, 0.29) is 23.2 Å². The van der Waals surface area contributed by atoms with Crippen molar-refractivity contribution in [1.82, 2.24) is 10.6 Å². The molecule has 2 fully saturated rings. The first kappa shape index (κ1) is 39.7. The quantitative estimate of drug-likeness (QED) is 0.181. The third-order valence-corrected chi connectivity index (χ3v) is 17.4. The highest BCUT2D eigenvalue weighted by molar-refractivity contribution is 6.15. The van der Waals surface area contributed by atoms with Crippen molar-refractivity contribution in [2.45, 2.75) is 107 Å². The Kier molecular flexibility index (Phi) is 9.20. The summed E-state index contributed by atoms with van der Waals surface area (Å²) in [6, 6.07) is 50.1. The van der Waals surface area contributed by atoms with Crippen molar-refractivity contribution in [3.05, 3.63) is 208 Å². The summed E-state index contributed by atoms with van der Waals surface area (Å²) in [6.45, 7) is 0. The van der Waals surface area contributed by atoms with Crippen LogP contribution in [0, 0.1) is 5.92 Å². The molecule has 2 spiro atoms. The zero-order valence-electron chi connectivity index (χ0n) is 38.3. The van der Waals surface area contributed by atoms with E-state index in [0.717, 1.165) is 51.7 Å². The molecule has 7 aromatic rings. The number of para-hydroxylation sites is 1. The Morgan fingerprint density at radius 2 is 1.37 bits per heavy atom. The Morgan fingerprint density at radius 1 is 0.612 bits per heavy atom. The molecule has 1 aromatic heterocycles. The highest BCUT2D eigenvalue weighted by atomic mass is 16.3. The predicted molar refractivity (Wildman–Crippen MR) is 276 cm³/mol. The second kappa shape index (κ2) is 15.5. The van der Waals surface area contributed by atoms with E-state index in [9.17, 15) is 0 Å². The third-order valence-electron chi connectivity index (χ3n) is 17.4.